The summed E-state index contributed by atoms with van der Waals surface area (Å²) in [6, 6.07) is 10.5. The van der Waals surface area contributed by atoms with E-state index in [1.165, 1.54) is 11.5 Å². The maximum atomic E-state index is 2.35. The quantitative estimate of drug-likeness (QED) is 0.701. The van der Waals surface area contributed by atoms with Crippen LogP contribution in [0.3, 0.4) is 0 Å². The lowest BCUT2D eigenvalue weighted by molar-refractivity contribution is 0.373. The molecular formula is C16H24N2. The number of hydrogen-bond acceptors (Lipinski definition) is 2. The fraction of sp³-hybridized carbons (Fsp3) is 0.375. The van der Waals surface area contributed by atoms with Crippen LogP contribution >= 0.6 is 0 Å². The van der Waals surface area contributed by atoms with Crippen molar-refractivity contribution in [3.05, 3.63) is 54.4 Å². The van der Waals surface area contributed by atoms with Gasteiger partial charge in [0.1, 0.15) is 5.82 Å². The molecule has 0 saturated heterocycles. The fourth-order valence-electron chi connectivity index (χ4n) is 1.94. The summed E-state index contributed by atoms with van der Waals surface area (Å²) in [5, 5.41) is 0. The first-order chi connectivity index (χ1) is 8.74. The van der Waals surface area contributed by atoms with Gasteiger partial charge in [-0.15, -0.1) is 0 Å². The third-order valence-electron chi connectivity index (χ3n) is 3.01. The van der Waals surface area contributed by atoms with E-state index >= 15 is 0 Å². The van der Waals surface area contributed by atoms with Gasteiger partial charge in [-0.1, -0.05) is 30.4 Å². The van der Waals surface area contributed by atoms with E-state index in [0.717, 1.165) is 13.1 Å². The van der Waals surface area contributed by atoms with Crippen molar-refractivity contribution in [3.63, 3.8) is 0 Å². The Bertz CT molecular complexity index is 389. The standard InChI is InChI=1S/C16H24N2/c1-5-8-14-16(18(6-2)7-3)17(4)15-12-10-9-11-13-15/h5,8-14H,6-7H2,1-4H3/b8-5-,16-14+. The van der Waals surface area contributed by atoms with Crippen LogP contribution in [0.4, 0.5) is 5.69 Å². The third kappa shape index (κ3) is 3.66. The van der Waals surface area contributed by atoms with E-state index in [4.69, 9.17) is 0 Å². The summed E-state index contributed by atoms with van der Waals surface area (Å²) in [6.45, 7) is 8.44. The first-order valence-corrected chi connectivity index (χ1v) is 6.61. The molecule has 1 aromatic carbocycles. The van der Waals surface area contributed by atoms with Gasteiger partial charge in [0.2, 0.25) is 0 Å². The molecule has 2 nitrogen and oxygen atoms in total. The minimum Gasteiger partial charge on any atom is -0.359 e. The normalized spacial score (nSPS) is 11.9. The van der Waals surface area contributed by atoms with Crippen LogP contribution < -0.4 is 4.90 Å². The summed E-state index contributed by atoms with van der Waals surface area (Å²) in [6.07, 6.45) is 6.31. The second-order valence-corrected chi connectivity index (χ2v) is 4.12. The number of anilines is 1. The van der Waals surface area contributed by atoms with Gasteiger partial charge in [0.25, 0.3) is 0 Å². The Balaban J connectivity index is 3.03. The van der Waals surface area contributed by atoms with Crippen molar-refractivity contribution < 1.29 is 0 Å². The minimum atomic E-state index is 1.01. The molecule has 0 unspecified atom stereocenters. The number of allylic oxidation sites excluding steroid dienone is 3. The predicted molar refractivity (Wildman–Crippen MR) is 80.7 cm³/mol. The molecule has 0 N–H and O–H groups in total. The predicted octanol–water partition coefficient (Wildman–Crippen LogP) is 3.88. The molecule has 0 amide bonds. The number of para-hydroxylation sites is 1. The van der Waals surface area contributed by atoms with Crippen molar-refractivity contribution in [3.8, 4) is 0 Å². The summed E-state index contributed by atoms with van der Waals surface area (Å²) in [5.74, 6) is 1.23. The number of rotatable bonds is 6. The number of benzene rings is 1. The lowest BCUT2D eigenvalue weighted by Crippen LogP contribution is -2.33. The van der Waals surface area contributed by atoms with E-state index in [-0.39, 0.29) is 0 Å². The van der Waals surface area contributed by atoms with Crippen molar-refractivity contribution in [2.24, 2.45) is 0 Å². The van der Waals surface area contributed by atoms with Gasteiger partial charge in [-0.05, 0) is 39.0 Å². The van der Waals surface area contributed by atoms with Crippen LogP contribution in [-0.2, 0) is 0 Å². The summed E-state index contributed by atoms with van der Waals surface area (Å²) < 4.78 is 0. The maximum Gasteiger partial charge on any atom is 0.108 e. The molecule has 1 rings (SSSR count). The van der Waals surface area contributed by atoms with Crippen LogP contribution in [0.15, 0.2) is 54.4 Å². The molecule has 0 aliphatic carbocycles. The third-order valence-corrected chi connectivity index (χ3v) is 3.01. The molecule has 0 aliphatic rings. The molecule has 0 saturated carbocycles. The summed E-state index contributed by atoms with van der Waals surface area (Å²) in [5.41, 5.74) is 1.21. The van der Waals surface area contributed by atoms with Crippen LogP contribution in [0.2, 0.25) is 0 Å². The Morgan fingerprint density at radius 3 is 2.22 bits per heavy atom. The molecule has 0 heterocycles. The highest BCUT2D eigenvalue weighted by atomic mass is 15.3. The molecular weight excluding hydrogens is 220 g/mol. The second-order valence-electron chi connectivity index (χ2n) is 4.12. The molecule has 2 heteroatoms. The van der Waals surface area contributed by atoms with Crippen LogP contribution in [0.1, 0.15) is 20.8 Å². The molecule has 0 aliphatic heterocycles. The van der Waals surface area contributed by atoms with Gasteiger partial charge in [0, 0.05) is 25.8 Å². The average Bonchev–Trinajstić information content (AvgIpc) is 2.43. The van der Waals surface area contributed by atoms with Crippen molar-refractivity contribution in [1.82, 2.24) is 4.90 Å². The van der Waals surface area contributed by atoms with E-state index in [2.05, 4.69) is 73.2 Å². The van der Waals surface area contributed by atoms with E-state index in [9.17, 15) is 0 Å². The molecule has 18 heavy (non-hydrogen) atoms. The first-order valence-electron chi connectivity index (χ1n) is 6.61. The Morgan fingerprint density at radius 1 is 1.11 bits per heavy atom. The van der Waals surface area contributed by atoms with Crippen LogP contribution in [0.25, 0.3) is 0 Å². The highest BCUT2D eigenvalue weighted by molar-refractivity contribution is 5.51. The highest BCUT2D eigenvalue weighted by Crippen LogP contribution is 2.19. The topological polar surface area (TPSA) is 6.48 Å². The zero-order valence-electron chi connectivity index (χ0n) is 11.9. The smallest absolute Gasteiger partial charge is 0.108 e. The zero-order valence-corrected chi connectivity index (χ0v) is 11.9. The Kier molecular flexibility index (Phi) is 6.06. The number of hydrogen-bond donors (Lipinski definition) is 0. The Hall–Kier alpha value is -1.70. The Labute approximate surface area is 111 Å². The van der Waals surface area contributed by atoms with Crippen molar-refractivity contribution in [1.29, 1.82) is 0 Å². The van der Waals surface area contributed by atoms with Crippen molar-refractivity contribution in [2.75, 3.05) is 25.0 Å². The van der Waals surface area contributed by atoms with Gasteiger partial charge in [-0.3, -0.25) is 0 Å². The zero-order chi connectivity index (χ0) is 13.4. The van der Waals surface area contributed by atoms with E-state index in [1.54, 1.807) is 0 Å². The summed E-state index contributed by atoms with van der Waals surface area (Å²) >= 11 is 0. The summed E-state index contributed by atoms with van der Waals surface area (Å²) in [4.78, 5) is 4.58. The SMILES string of the molecule is C/C=C\C=C(\N(CC)CC)N(C)c1ccccc1. The van der Waals surface area contributed by atoms with Gasteiger partial charge >= 0.3 is 0 Å². The van der Waals surface area contributed by atoms with Gasteiger partial charge in [-0.25, -0.2) is 0 Å². The van der Waals surface area contributed by atoms with E-state index < -0.39 is 0 Å². The van der Waals surface area contributed by atoms with Crippen LogP contribution in [0, 0.1) is 0 Å². The van der Waals surface area contributed by atoms with Gasteiger partial charge in [0.05, 0.1) is 0 Å². The number of nitrogens with zero attached hydrogens (tertiary/aromatic N) is 2. The summed E-state index contributed by atoms with van der Waals surface area (Å²) in [7, 11) is 2.11. The fourth-order valence-corrected chi connectivity index (χ4v) is 1.94. The lowest BCUT2D eigenvalue weighted by Gasteiger charge is -2.32. The largest absolute Gasteiger partial charge is 0.359 e. The van der Waals surface area contributed by atoms with Gasteiger partial charge in [0.15, 0.2) is 0 Å². The first kappa shape index (κ1) is 14.4. The highest BCUT2D eigenvalue weighted by Gasteiger charge is 2.11. The van der Waals surface area contributed by atoms with E-state index in [1.807, 2.05) is 13.0 Å². The molecule has 98 valence electrons. The lowest BCUT2D eigenvalue weighted by atomic mass is 10.3. The second kappa shape index (κ2) is 7.59. The van der Waals surface area contributed by atoms with Gasteiger partial charge < -0.3 is 9.80 Å². The Morgan fingerprint density at radius 2 is 1.72 bits per heavy atom. The molecule has 1 aromatic rings. The molecule has 0 aromatic heterocycles. The maximum absolute atomic E-state index is 2.35. The monoisotopic (exact) mass is 244 g/mol. The van der Waals surface area contributed by atoms with Crippen molar-refractivity contribution in [2.45, 2.75) is 20.8 Å². The van der Waals surface area contributed by atoms with Crippen molar-refractivity contribution >= 4 is 5.69 Å². The molecule has 0 atom stereocenters. The molecule has 0 bridgehead atoms. The molecule has 0 fully saturated rings. The van der Waals surface area contributed by atoms with Gasteiger partial charge in [-0.2, -0.15) is 0 Å². The van der Waals surface area contributed by atoms with Crippen LogP contribution in [0.5, 0.6) is 0 Å². The molecule has 0 spiro atoms. The van der Waals surface area contributed by atoms with Crippen LogP contribution in [-0.4, -0.2) is 25.0 Å². The molecule has 0 radical (unpaired) electrons. The van der Waals surface area contributed by atoms with E-state index in [0.29, 0.717) is 0 Å². The average molecular weight is 244 g/mol. The minimum absolute atomic E-state index is 1.01.